The minimum Gasteiger partial charge on any atom is -0.294 e. The van der Waals surface area contributed by atoms with E-state index in [-0.39, 0.29) is 10.5 Å². The zero-order valence-electron chi connectivity index (χ0n) is 16.7. The first-order valence-electron chi connectivity index (χ1n) is 9.53. The van der Waals surface area contributed by atoms with Gasteiger partial charge in [0.1, 0.15) is 0 Å². The third kappa shape index (κ3) is 4.62. The molecule has 2 unspecified atom stereocenters. The number of halogens is 10. The summed E-state index contributed by atoms with van der Waals surface area (Å²) >= 11 is 4.22. The fourth-order valence-corrected chi connectivity index (χ4v) is 5.16. The largest absolute Gasteiger partial charge is 0.460 e. The Balaban J connectivity index is 2.10. The van der Waals surface area contributed by atoms with Crippen LogP contribution in [0.4, 0.5) is 39.5 Å². The molecule has 0 fully saturated rings. The molecule has 34 heavy (non-hydrogen) atoms. The standard InChI is InChI=1S/C22H14BrF9OS/c23-15-8-4-5-9-17(15)34-13-10-14(12-6-2-1-3-7-12)18(16(33)11-13)19(24,25)20(26,27)21(28,29)22(30,31)32/h1-9,11,14,18H,10H2. The molecule has 0 radical (unpaired) electrons. The molecule has 0 aromatic heterocycles. The van der Waals surface area contributed by atoms with Crippen LogP contribution in [0.5, 0.6) is 0 Å². The van der Waals surface area contributed by atoms with Crippen LogP contribution in [0.3, 0.4) is 0 Å². The van der Waals surface area contributed by atoms with Crippen molar-refractivity contribution in [3.63, 3.8) is 0 Å². The van der Waals surface area contributed by atoms with Crippen LogP contribution in [-0.2, 0) is 4.79 Å². The highest BCUT2D eigenvalue weighted by Crippen LogP contribution is 2.59. The Kier molecular flexibility index (Phi) is 7.25. The van der Waals surface area contributed by atoms with Crippen molar-refractivity contribution in [1.82, 2.24) is 0 Å². The van der Waals surface area contributed by atoms with Gasteiger partial charge in [0.25, 0.3) is 0 Å². The van der Waals surface area contributed by atoms with Gasteiger partial charge in [-0.05, 0) is 51.0 Å². The van der Waals surface area contributed by atoms with Gasteiger partial charge >= 0.3 is 23.9 Å². The summed E-state index contributed by atoms with van der Waals surface area (Å²) in [5.74, 6) is -26.6. The Morgan fingerprint density at radius 1 is 0.794 bits per heavy atom. The number of ketones is 1. The molecule has 3 rings (SSSR count). The van der Waals surface area contributed by atoms with Crippen molar-refractivity contribution in [1.29, 1.82) is 0 Å². The summed E-state index contributed by atoms with van der Waals surface area (Å²) in [7, 11) is 0. The predicted molar refractivity (Wildman–Crippen MR) is 111 cm³/mol. The van der Waals surface area contributed by atoms with E-state index in [4.69, 9.17) is 0 Å². The lowest BCUT2D eigenvalue weighted by molar-refractivity contribution is -0.401. The summed E-state index contributed by atoms with van der Waals surface area (Å²) < 4.78 is 124. The summed E-state index contributed by atoms with van der Waals surface area (Å²) in [6.45, 7) is 0. The Hall–Kier alpha value is -1.95. The van der Waals surface area contributed by atoms with Crippen molar-refractivity contribution in [2.45, 2.75) is 41.2 Å². The molecule has 184 valence electrons. The quantitative estimate of drug-likeness (QED) is 0.322. The second-order valence-corrected chi connectivity index (χ2v) is 9.54. The lowest BCUT2D eigenvalue weighted by Crippen LogP contribution is -2.64. The number of carbonyl (C=O) groups excluding carboxylic acids is 1. The molecule has 2 aromatic rings. The van der Waals surface area contributed by atoms with Gasteiger partial charge in [0.05, 0.1) is 5.92 Å². The Bertz CT molecular complexity index is 1080. The smallest absolute Gasteiger partial charge is 0.294 e. The van der Waals surface area contributed by atoms with Gasteiger partial charge in [0.2, 0.25) is 0 Å². The van der Waals surface area contributed by atoms with Crippen LogP contribution in [0.2, 0.25) is 0 Å². The van der Waals surface area contributed by atoms with Crippen molar-refractivity contribution in [3.8, 4) is 0 Å². The van der Waals surface area contributed by atoms with E-state index < -0.39 is 48.0 Å². The van der Waals surface area contributed by atoms with Crippen molar-refractivity contribution in [2.24, 2.45) is 5.92 Å². The topological polar surface area (TPSA) is 17.1 Å². The predicted octanol–water partition coefficient (Wildman–Crippen LogP) is 8.27. The van der Waals surface area contributed by atoms with E-state index in [1.165, 1.54) is 30.3 Å². The molecule has 0 saturated heterocycles. The maximum atomic E-state index is 14.9. The molecule has 0 saturated carbocycles. The fraction of sp³-hybridized carbons (Fsp3) is 0.318. The van der Waals surface area contributed by atoms with Crippen LogP contribution < -0.4 is 0 Å². The van der Waals surface area contributed by atoms with Crippen LogP contribution in [-0.4, -0.2) is 29.7 Å². The molecule has 0 spiro atoms. The summed E-state index contributed by atoms with van der Waals surface area (Å²) in [6.07, 6.45) is -6.82. The molecular formula is C22H14BrF9OS. The van der Waals surface area contributed by atoms with E-state index in [9.17, 15) is 44.3 Å². The average molecular weight is 577 g/mol. The first kappa shape index (κ1) is 26.7. The number of thioether (sulfide) groups is 1. The van der Waals surface area contributed by atoms with Gasteiger partial charge in [-0.15, -0.1) is 0 Å². The molecule has 0 heterocycles. The fourth-order valence-electron chi connectivity index (χ4n) is 3.60. The van der Waals surface area contributed by atoms with E-state index in [1.807, 2.05) is 0 Å². The third-order valence-electron chi connectivity index (χ3n) is 5.30. The van der Waals surface area contributed by atoms with E-state index in [0.29, 0.717) is 15.4 Å². The van der Waals surface area contributed by atoms with E-state index in [1.54, 1.807) is 24.3 Å². The van der Waals surface area contributed by atoms with Crippen LogP contribution in [0.25, 0.3) is 0 Å². The zero-order chi connectivity index (χ0) is 25.5. The van der Waals surface area contributed by atoms with E-state index in [2.05, 4.69) is 15.9 Å². The molecular weight excluding hydrogens is 563 g/mol. The number of rotatable bonds is 6. The summed E-state index contributed by atoms with van der Waals surface area (Å²) in [6, 6.07) is 13.2. The van der Waals surface area contributed by atoms with Gasteiger partial charge in [-0.1, -0.05) is 54.2 Å². The second kappa shape index (κ2) is 9.25. The number of hydrogen-bond donors (Lipinski definition) is 0. The Morgan fingerprint density at radius 2 is 1.35 bits per heavy atom. The minimum atomic E-state index is -7.07. The van der Waals surface area contributed by atoms with Gasteiger partial charge in [-0.2, -0.15) is 39.5 Å². The van der Waals surface area contributed by atoms with Gasteiger partial charge in [0, 0.05) is 15.3 Å². The van der Waals surface area contributed by atoms with Crippen molar-refractivity contribution in [3.05, 3.63) is 75.6 Å². The van der Waals surface area contributed by atoms with Crippen molar-refractivity contribution >= 4 is 33.5 Å². The first-order chi connectivity index (χ1) is 15.6. The van der Waals surface area contributed by atoms with Crippen molar-refractivity contribution < 1.29 is 44.3 Å². The number of benzene rings is 2. The molecule has 2 aromatic carbocycles. The lowest BCUT2D eigenvalue weighted by atomic mass is 9.72. The SMILES string of the molecule is O=C1C=C(Sc2ccccc2Br)CC(c2ccccc2)C1C(F)(F)C(F)(F)C(F)(F)C(F)(F)F. The Morgan fingerprint density at radius 3 is 1.91 bits per heavy atom. The maximum Gasteiger partial charge on any atom is 0.460 e. The van der Waals surface area contributed by atoms with E-state index in [0.717, 1.165) is 11.8 Å². The van der Waals surface area contributed by atoms with Gasteiger partial charge < -0.3 is 0 Å². The molecule has 0 amide bonds. The van der Waals surface area contributed by atoms with Gasteiger partial charge in [-0.25, -0.2) is 0 Å². The molecule has 2 atom stereocenters. The highest BCUT2D eigenvalue weighted by molar-refractivity contribution is 9.10. The molecule has 1 aliphatic carbocycles. The van der Waals surface area contributed by atoms with Gasteiger partial charge in [-0.3, -0.25) is 4.79 Å². The van der Waals surface area contributed by atoms with Crippen LogP contribution in [0.15, 0.2) is 74.9 Å². The highest BCUT2D eigenvalue weighted by atomic mass is 79.9. The van der Waals surface area contributed by atoms with Crippen LogP contribution in [0.1, 0.15) is 17.9 Å². The molecule has 1 aliphatic rings. The summed E-state index contributed by atoms with van der Waals surface area (Å²) in [5, 5.41) is 0. The maximum absolute atomic E-state index is 14.9. The summed E-state index contributed by atoms with van der Waals surface area (Å²) in [5.41, 5.74) is -0.0787. The van der Waals surface area contributed by atoms with Crippen LogP contribution in [0, 0.1) is 5.92 Å². The first-order valence-corrected chi connectivity index (χ1v) is 11.1. The third-order valence-corrected chi connectivity index (χ3v) is 7.37. The van der Waals surface area contributed by atoms with Crippen molar-refractivity contribution in [2.75, 3.05) is 0 Å². The second-order valence-electron chi connectivity index (χ2n) is 7.51. The molecule has 0 N–H and O–H groups in total. The molecule has 12 heteroatoms. The zero-order valence-corrected chi connectivity index (χ0v) is 19.1. The molecule has 0 aliphatic heterocycles. The summed E-state index contributed by atoms with van der Waals surface area (Å²) in [4.78, 5) is 13.4. The van der Waals surface area contributed by atoms with Crippen LogP contribution >= 0.6 is 27.7 Å². The Labute approximate surface area is 200 Å². The number of hydrogen-bond acceptors (Lipinski definition) is 2. The normalized spacial score (nSPS) is 20.3. The number of alkyl halides is 9. The molecule has 0 bridgehead atoms. The average Bonchev–Trinajstić information content (AvgIpc) is 2.74. The number of allylic oxidation sites excluding steroid dienone is 2. The number of carbonyl (C=O) groups is 1. The lowest BCUT2D eigenvalue weighted by Gasteiger charge is -2.41. The minimum absolute atomic E-state index is 0.0787. The monoisotopic (exact) mass is 576 g/mol. The van der Waals surface area contributed by atoms with E-state index >= 15 is 0 Å². The van der Waals surface area contributed by atoms with Gasteiger partial charge in [0.15, 0.2) is 5.78 Å². The highest BCUT2D eigenvalue weighted by Gasteiger charge is 2.83. The molecule has 1 nitrogen and oxygen atoms in total.